The molecule has 0 aliphatic carbocycles. The summed E-state index contributed by atoms with van der Waals surface area (Å²) in [5.74, 6) is 1.99. The molecule has 2 saturated heterocycles. The van der Waals surface area contributed by atoms with E-state index in [2.05, 4.69) is 9.80 Å². The zero-order chi connectivity index (χ0) is 14.8. The molecule has 4 rings (SSSR count). The molecule has 0 N–H and O–H groups in total. The molecule has 0 bridgehead atoms. The summed E-state index contributed by atoms with van der Waals surface area (Å²) in [6, 6.07) is 20.2. The highest BCUT2D eigenvalue weighted by Gasteiger charge is 2.33. The Bertz CT molecular complexity index is 635. The number of benzene rings is 2. The summed E-state index contributed by atoms with van der Waals surface area (Å²) in [4.78, 5) is 14.2. The summed E-state index contributed by atoms with van der Waals surface area (Å²) >= 11 is 0. The number of hydrogen-bond donors (Lipinski definition) is 0. The quantitative estimate of drug-likeness (QED) is 0.483. The molecule has 0 aromatic heterocycles. The Labute approximate surface area is 130 Å². The van der Waals surface area contributed by atoms with Crippen molar-refractivity contribution in [2.24, 2.45) is 9.98 Å². The Morgan fingerprint density at radius 3 is 1.27 bits per heavy atom. The van der Waals surface area contributed by atoms with Gasteiger partial charge in [0.2, 0.25) is 0 Å². The number of rotatable bonds is 2. The second kappa shape index (κ2) is 5.64. The molecule has 4 heteroatoms. The maximum atomic E-state index is 4.85. The molecule has 2 heterocycles. The predicted octanol–water partition coefficient (Wildman–Crippen LogP) is 3.08. The van der Waals surface area contributed by atoms with Crippen molar-refractivity contribution in [1.82, 2.24) is 9.80 Å². The highest BCUT2D eigenvalue weighted by Crippen LogP contribution is 2.22. The summed E-state index contributed by atoms with van der Waals surface area (Å²) in [5.41, 5.74) is 1.96. The van der Waals surface area contributed by atoms with Crippen LogP contribution < -0.4 is 0 Å². The van der Waals surface area contributed by atoms with Gasteiger partial charge >= 0.3 is 0 Å². The van der Waals surface area contributed by atoms with E-state index in [0.29, 0.717) is 0 Å². The van der Waals surface area contributed by atoms with Crippen molar-refractivity contribution in [2.75, 3.05) is 26.2 Å². The van der Waals surface area contributed by atoms with Crippen LogP contribution in [0.2, 0.25) is 0 Å². The first-order chi connectivity index (χ1) is 10.9. The molecule has 0 spiro atoms. The van der Waals surface area contributed by atoms with Gasteiger partial charge in [-0.15, -0.1) is 0 Å². The van der Waals surface area contributed by atoms with E-state index in [0.717, 1.165) is 49.2 Å². The van der Waals surface area contributed by atoms with E-state index in [1.807, 2.05) is 60.7 Å². The van der Waals surface area contributed by atoms with Crippen molar-refractivity contribution in [2.45, 2.75) is 0 Å². The van der Waals surface area contributed by atoms with Gasteiger partial charge in [0.05, 0.1) is 11.4 Å². The van der Waals surface area contributed by atoms with Gasteiger partial charge in [-0.05, 0) is 24.3 Å². The molecule has 0 unspecified atom stereocenters. The van der Waals surface area contributed by atoms with Crippen LogP contribution in [-0.2, 0) is 0 Å². The lowest BCUT2D eigenvalue weighted by Crippen LogP contribution is -2.29. The number of amidine groups is 2. The fourth-order valence-electron chi connectivity index (χ4n) is 2.30. The Morgan fingerprint density at radius 2 is 0.955 bits per heavy atom. The second-order valence-electron chi connectivity index (χ2n) is 5.52. The van der Waals surface area contributed by atoms with E-state index < -0.39 is 0 Å². The molecule has 2 fully saturated rings. The van der Waals surface area contributed by atoms with Gasteiger partial charge in [-0.2, -0.15) is 0 Å². The topological polar surface area (TPSA) is 30.7 Å². The largest absolute Gasteiger partial charge is 0.350 e. The molecule has 110 valence electrons. The highest BCUT2D eigenvalue weighted by molar-refractivity contribution is 6.42. The van der Waals surface area contributed by atoms with Gasteiger partial charge in [-0.25, -0.2) is 9.98 Å². The minimum absolute atomic E-state index is 0.979. The lowest BCUT2D eigenvalue weighted by atomic mass is 10.3. The minimum Gasteiger partial charge on any atom is -0.350 e. The molecule has 0 saturated carbocycles. The molecular weight excluding hydrogens is 272 g/mol. The fourth-order valence-corrected chi connectivity index (χ4v) is 2.30. The van der Waals surface area contributed by atoms with E-state index in [9.17, 15) is 0 Å². The molecule has 0 radical (unpaired) electrons. The molecule has 0 atom stereocenters. The number of nitrogens with zero attached hydrogens (tertiary/aromatic N) is 4. The van der Waals surface area contributed by atoms with Gasteiger partial charge < -0.3 is 9.80 Å². The van der Waals surface area contributed by atoms with E-state index in [1.54, 1.807) is 0 Å². The summed E-state index contributed by atoms with van der Waals surface area (Å²) < 4.78 is 0. The van der Waals surface area contributed by atoms with Crippen molar-refractivity contribution in [3.8, 4) is 0 Å². The molecule has 2 aliphatic rings. The molecule has 22 heavy (non-hydrogen) atoms. The van der Waals surface area contributed by atoms with Crippen molar-refractivity contribution in [3.05, 3.63) is 60.7 Å². The van der Waals surface area contributed by atoms with Gasteiger partial charge in [-0.3, -0.25) is 0 Å². The second-order valence-corrected chi connectivity index (χ2v) is 5.52. The fraction of sp³-hybridized carbons (Fsp3) is 0.222. The zero-order valence-corrected chi connectivity index (χ0v) is 12.4. The van der Waals surface area contributed by atoms with Crippen molar-refractivity contribution in [1.29, 1.82) is 0 Å². The van der Waals surface area contributed by atoms with Crippen molar-refractivity contribution < 1.29 is 0 Å². The third kappa shape index (κ3) is 3.01. The van der Waals surface area contributed by atoms with Crippen molar-refractivity contribution in [3.63, 3.8) is 0 Å². The highest BCUT2D eigenvalue weighted by atomic mass is 15.4. The number of aliphatic imine (C=N–C) groups is 2. The normalized spacial score (nSPS) is 17.6. The third-order valence-electron chi connectivity index (χ3n) is 3.68. The van der Waals surface area contributed by atoms with E-state index in [-0.39, 0.29) is 0 Å². The van der Waals surface area contributed by atoms with Gasteiger partial charge in [0.1, 0.15) is 0 Å². The summed E-state index contributed by atoms with van der Waals surface area (Å²) in [7, 11) is 0. The van der Waals surface area contributed by atoms with Crippen LogP contribution in [0.1, 0.15) is 0 Å². The van der Waals surface area contributed by atoms with Crippen LogP contribution in [0.3, 0.4) is 0 Å². The Kier molecular flexibility index (Phi) is 3.35. The molecule has 2 aromatic carbocycles. The smallest absolute Gasteiger partial charge is 0.172 e. The minimum atomic E-state index is 0.979. The average Bonchev–Trinajstić information content (AvgIpc) is 3.46. The average molecular weight is 290 g/mol. The molecule has 0 amide bonds. The summed E-state index contributed by atoms with van der Waals surface area (Å²) in [6.07, 6.45) is 0. The monoisotopic (exact) mass is 290 g/mol. The first-order valence-corrected chi connectivity index (χ1v) is 7.68. The van der Waals surface area contributed by atoms with Crippen LogP contribution in [0.5, 0.6) is 0 Å². The van der Waals surface area contributed by atoms with Crippen LogP contribution in [0.25, 0.3) is 0 Å². The van der Waals surface area contributed by atoms with E-state index in [4.69, 9.17) is 9.98 Å². The first-order valence-electron chi connectivity index (χ1n) is 7.68. The van der Waals surface area contributed by atoms with Gasteiger partial charge in [0.25, 0.3) is 0 Å². The van der Waals surface area contributed by atoms with Gasteiger partial charge in [0, 0.05) is 26.2 Å². The van der Waals surface area contributed by atoms with Crippen LogP contribution in [0, 0.1) is 0 Å². The van der Waals surface area contributed by atoms with Crippen LogP contribution >= 0.6 is 0 Å². The maximum Gasteiger partial charge on any atom is 0.172 e. The lowest BCUT2D eigenvalue weighted by molar-refractivity contribution is 0.805. The first kappa shape index (κ1) is 13.1. The Morgan fingerprint density at radius 1 is 0.591 bits per heavy atom. The SMILES string of the molecule is c1ccc(N=C(C(=Nc2ccccc2)N2CC2)N2CC2)cc1. The van der Waals surface area contributed by atoms with Gasteiger partial charge in [0.15, 0.2) is 11.7 Å². The molecule has 2 aromatic rings. The van der Waals surface area contributed by atoms with Gasteiger partial charge in [-0.1, -0.05) is 36.4 Å². The lowest BCUT2D eigenvalue weighted by Gasteiger charge is -2.13. The summed E-state index contributed by atoms with van der Waals surface area (Å²) in [6.45, 7) is 4.25. The Balaban J connectivity index is 1.73. The van der Waals surface area contributed by atoms with Crippen molar-refractivity contribution >= 4 is 23.0 Å². The van der Waals surface area contributed by atoms with Crippen LogP contribution in [-0.4, -0.2) is 47.7 Å². The van der Waals surface area contributed by atoms with Crippen LogP contribution in [0.15, 0.2) is 70.6 Å². The Hall–Kier alpha value is -2.62. The standard InChI is InChI=1S/C18H18N4/c1-3-7-15(8-4-1)19-17(21-11-12-21)18(22-13-14-22)20-16-9-5-2-6-10-16/h1-10H,11-14H2. The number of hydrogen-bond acceptors (Lipinski definition) is 2. The van der Waals surface area contributed by atoms with Crippen LogP contribution in [0.4, 0.5) is 11.4 Å². The molecular formula is C18H18N4. The maximum absolute atomic E-state index is 4.85. The summed E-state index contributed by atoms with van der Waals surface area (Å²) in [5, 5.41) is 0. The number of para-hydroxylation sites is 2. The third-order valence-corrected chi connectivity index (χ3v) is 3.68. The van der Waals surface area contributed by atoms with E-state index in [1.165, 1.54) is 0 Å². The zero-order valence-electron chi connectivity index (χ0n) is 12.4. The molecule has 2 aliphatic heterocycles. The van der Waals surface area contributed by atoms with E-state index >= 15 is 0 Å². The predicted molar refractivity (Wildman–Crippen MR) is 90.2 cm³/mol. The molecule has 4 nitrogen and oxygen atoms in total.